The highest BCUT2D eigenvalue weighted by Crippen LogP contribution is 2.17. The van der Waals surface area contributed by atoms with Crippen LogP contribution in [-0.4, -0.2) is 44.2 Å². The van der Waals surface area contributed by atoms with Gasteiger partial charge in [0.1, 0.15) is 0 Å². The molecular formula is C15H23N2O2+. The lowest BCUT2D eigenvalue weighted by atomic mass is 10.00. The lowest BCUT2D eigenvalue weighted by Gasteiger charge is -2.28. The van der Waals surface area contributed by atoms with Crippen LogP contribution in [0.5, 0.6) is 0 Å². The number of methoxy groups -OCH3 is 1. The Hall–Kier alpha value is -1.39. The number of rotatable bonds is 6. The summed E-state index contributed by atoms with van der Waals surface area (Å²) in [5.74, 6) is 0.243. The van der Waals surface area contributed by atoms with Crippen LogP contribution in [0.25, 0.3) is 0 Å². The monoisotopic (exact) mass is 263 g/mol. The molecule has 0 atom stereocenters. The van der Waals surface area contributed by atoms with E-state index in [1.165, 1.54) is 11.1 Å². The number of hydrogen-bond donors (Lipinski definition) is 1. The molecule has 0 unspecified atom stereocenters. The highest BCUT2D eigenvalue weighted by Gasteiger charge is 2.20. The molecule has 0 aliphatic carbocycles. The number of amides is 1. The maximum Gasteiger partial charge on any atom is 0.277 e. The average Bonchev–Trinajstić information content (AvgIpc) is 2.46. The van der Waals surface area contributed by atoms with Crippen LogP contribution < -0.4 is 5.32 Å². The summed E-state index contributed by atoms with van der Waals surface area (Å²) in [5.41, 5.74) is 2.68. The molecule has 0 radical (unpaired) electrons. The van der Waals surface area contributed by atoms with Gasteiger partial charge in [-0.05, 0) is 17.5 Å². The number of nitrogens with two attached hydrogens (primary N) is 1. The molecule has 1 aliphatic rings. The lowest BCUT2D eigenvalue weighted by molar-refractivity contribution is -0.645. The third-order valence-corrected chi connectivity index (χ3v) is 3.56. The van der Waals surface area contributed by atoms with Gasteiger partial charge >= 0.3 is 0 Å². The Bertz CT molecular complexity index is 420. The molecule has 0 fully saturated rings. The molecule has 1 amide bonds. The van der Waals surface area contributed by atoms with Crippen LogP contribution in [0.2, 0.25) is 0 Å². The van der Waals surface area contributed by atoms with Crippen LogP contribution in [0.3, 0.4) is 0 Å². The molecule has 2 rings (SSSR count). The van der Waals surface area contributed by atoms with Gasteiger partial charge in [-0.2, -0.15) is 0 Å². The van der Waals surface area contributed by atoms with Crippen molar-refractivity contribution >= 4 is 5.91 Å². The van der Waals surface area contributed by atoms with Crippen LogP contribution in [0.4, 0.5) is 0 Å². The fraction of sp³-hybridized carbons (Fsp3) is 0.533. The number of nitrogens with zero attached hydrogens (tertiary/aromatic N) is 1. The van der Waals surface area contributed by atoms with Gasteiger partial charge < -0.3 is 15.0 Å². The fourth-order valence-corrected chi connectivity index (χ4v) is 2.44. The standard InChI is InChI=1S/C15H22N2O2/c1-19-10-4-8-16-11-15(18)17-9-7-13-5-2-3-6-14(13)12-17/h2-3,5-6,16H,4,7-12H2,1H3/p+1. The summed E-state index contributed by atoms with van der Waals surface area (Å²) in [6.45, 7) is 3.88. The van der Waals surface area contributed by atoms with E-state index in [0.717, 1.165) is 39.1 Å². The van der Waals surface area contributed by atoms with Crippen molar-refractivity contribution in [2.24, 2.45) is 0 Å². The van der Waals surface area contributed by atoms with E-state index in [0.29, 0.717) is 6.54 Å². The van der Waals surface area contributed by atoms with Gasteiger partial charge in [-0.15, -0.1) is 0 Å². The molecule has 19 heavy (non-hydrogen) atoms. The van der Waals surface area contributed by atoms with Crippen LogP contribution in [0.1, 0.15) is 17.5 Å². The second kappa shape index (κ2) is 7.26. The van der Waals surface area contributed by atoms with Crippen molar-refractivity contribution in [1.82, 2.24) is 4.90 Å². The minimum absolute atomic E-state index is 0.243. The van der Waals surface area contributed by atoms with Crippen LogP contribution in [-0.2, 0) is 22.5 Å². The number of ether oxygens (including phenoxy) is 1. The van der Waals surface area contributed by atoms with Gasteiger partial charge in [-0.3, -0.25) is 4.79 Å². The lowest BCUT2D eigenvalue weighted by Crippen LogP contribution is -2.86. The molecule has 4 heteroatoms. The Labute approximate surface area is 114 Å². The first kappa shape index (κ1) is 14.0. The third-order valence-electron chi connectivity index (χ3n) is 3.56. The summed E-state index contributed by atoms with van der Waals surface area (Å²) >= 11 is 0. The average molecular weight is 263 g/mol. The first-order chi connectivity index (χ1) is 9.31. The molecule has 1 heterocycles. The molecule has 4 nitrogen and oxygen atoms in total. The van der Waals surface area contributed by atoms with Gasteiger partial charge in [0.2, 0.25) is 0 Å². The predicted octanol–water partition coefficient (Wildman–Crippen LogP) is 0.171. The number of carbonyl (C=O) groups excluding carboxylic acids is 1. The highest BCUT2D eigenvalue weighted by molar-refractivity contribution is 5.77. The molecule has 1 aliphatic heterocycles. The maximum atomic E-state index is 12.1. The van der Waals surface area contributed by atoms with Crippen molar-refractivity contribution in [3.05, 3.63) is 35.4 Å². The molecule has 1 aromatic carbocycles. The summed E-state index contributed by atoms with van der Waals surface area (Å²) in [4.78, 5) is 14.1. The van der Waals surface area contributed by atoms with Gasteiger partial charge in [0.05, 0.1) is 13.2 Å². The van der Waals surface area contributed by atoms with Crippen LogP contribution in [0, 0.1) is 0 Å². The van der Waals surface area contributed by atoms with Crippen molar-refractivity contribution < 1.29 is 14.8 Å². The van der Waals surface area contributed by atoms with Crippen LogP contribution in [0.15, 0.2) is 24.3 Å². The molecule has 0 aromatic heterocycles. The van der Waals surface area contributed by atoms with Crippen molar-refractivity contribution in [2.75, 3.05) is 33.4 Å². The smallest absolute Gasteiger partial charge is 0.277 e. The van der Waals surface area contributed by atoms with Crippen molar-refractivity contribution in [3.63, 3.8) is 0 Å². The van der Waals surface area contributed by atoms with Gasteiger partial charge in [-0.25, -0.2) is 0 Å². The molecule has 0 spiro atoms. The second-order valence-electron chi connectivity index (χ2n) is 4.96. The molecule has 0 saturated carbocycles. The Balaban J connectivity index is 1.76. The number of carbonyl (C=O) groups is 1. The zero-order valence-electron chi connectivity index (χ0n) is 11.6. The SMILES string of the molecule is COCCC[NH2+]CC(=O)N1CCc2ccccc2C1. The Morgan fingerprint density at radius 2 is 2.16 bits per heavy atom. The molecule has 104 valence electrons. The highest BCUT2D eigenvalue weighted by atomic mass is 16.5. The van der Waals surface area contributed by atoms with Crippen LogP contribution >= 0.6 is 0 Å². The Morgan fingerprint density at radius 3 is 2.95 bits per heavy atom. The molecule has 0 bridgehead atoms. The first-order valence-corrected chi connectivity index (χ1v) is 6.96. The predicted molar refractivity (Wildman–Crippen MR) is 73.7 cm³/mol. The Morgan fingerprint density at radius 1 is 1.37 bits per heavy atom. The van der Waals surface area contributed by atoms with E-state index >= 15 is 0 Å². The molecule has 0 saturated heterocycles. The molecule has 1 aromatic rings. The minimum atomic E-state index is 0.243. The molecule has 2 N–H and O–H groups in total. The van der Waals surface area contributed by atoms with Gasteiger partial charge in [0.25, 0.3) is 5.91 Å². The molecular weight excluding hydrogens is 240 g/mol. The van der Waals surface area contributed by atoms with E-state index in [1.54, 1.807) is 7.11 Å². The van der Waals surface area contributed by atoms with Gasteiger partial charge in [-0.1, -0.05) is 24.3 Å². The summed E-state index contributed by atoms with van der Waals surface area (Å²) in [5, 5.41) is 2.07. The third kappa shape index (κ3) is 4.04. The van der Waals surface area contributed by atoms with E-state index in [2.05, 4.69) is 23.5 Å². The Kier molecular flexibility index (Phi) is 5.36. The van der Waals surface area contributed by atoms with Crippen molar-refractivity contribution in [2.45, 2.75) is 19.4 Å². The number of benzene rings is 1. The summed E-state index contributed by atoms with van der Waals surface area (Å²) in [6, 6.07) is 8.40. The first-order valence-electron chi connectivity index (χ1n) is 6.96. The number of fused-ring (bicyclic) bond motifs is 1. The summed E-state index contributed by atoms with van der Waals surface area (Å²) < 4.78 is 4.99. The zero-order valence-corrected chi connectivity index (χ0v) is 11.6. The van der Waals surface area contributed by atoms with E-state index in [9.17, 15) is 4.79 Å². The van der Waals surface area contributed by atoms with E-state index in [-0.39, 0.29) is 5.91 Å². The minimum Gasteiger partial charge on any atom is -0.384 e. The topological polar surface area (TPSA) is 46.1 Å². The van der Waals surface area contributed by atoms with Crippen molar-refractivity contribution in [1.29, 1.82) is 0 Å². The summed E-state index contributed by atoms with van der Waals surface area (Å²) in [6.07, 6.45) is 1.97. The van der Waals surface area contributed by atoms with E-state index in [1.807, 2.05) is 11.0 Å². The van der Waals surface area contributed by atoms with E-state index < -0.39 is 0 Å². The fourth-order valence-electron chi connectivity index (χ4n) is 2.44. The van der Waals surface area contributed by atoms with Gasteiger partial charge in [0, 0.05) is 26.6 Å². The zero-order chi connectivity index (χ0) is 13.5. The number of hydrogen-bond acceptors (Lipinski definition) is 2. The maximum absolute atomic E-state index is 12.1. The van der Waals surface area contributed by atoms with E-state index in [4.69, 9.17) is 4.74 Å². The number of quaternary nitrogens is 1. The largest absolute Gasteiger partial charge is 0.384 e. The summed E-state index contributed by atoms with van der Waals surface area (Å²) in [7, 11) is 1.70. The quantitative estimate of drug-likeness (QED) is 0.744. The normalized spacial score (nSPS) is 14.3. The van der Waals surface area contributed by atoms with Crippen molar-refractivity contribution in [3.8, 4) is 0 Å². The second-order valence-corrected chi connectivity index (χ2v) is 4.96. The van der Waals surface area contributed by atoms with Gasteiger partial charge in [0.15, 0.2) is 6.54 Å².